The van der Waals surface area contributed by atoms with Gasteiger partial charge in [0.15, 0.2) is 17.5 Å². The molecule has 0 amide bonds. The highest BCUT2D eigenvalue weighted by molar-refractivity contribution is 6.25. The monoisotopic (exact) mass is 1120 g/mol. The maximum atomic E-state index is 6.86. The Morgan fingerprint density at radius 3 is 1.19 bits per heavy atom. The lowest BCUT2D eigenvalue weighted by Gasteiger charge is -2.26. The summed E-state index contributed by atoms with van der Waals surface area (Å²) in [7, 11) is 0. The summed E-state index contributed by atoms with van der Waals surface area (Å²) < 4.78 is 18.5. The fraction of sp³-hybridized carbons (Fsp3) is 0.205. The van der Waals surface area contributed by atoms with Gasteiger partial charge >= 0.3 is 0 Å². The molecular formula is C78H68N6O2. The van der Waals surface area contributed by atoms with Crippen LogP contribution in [-0.2, 0) is 21.7 Å². The highest BCUT2D eigenvalue weighted by Gasteiger charge is 2.29. The van der Waals surface area contributed by atoms with Gasteiger partial charge in [0, 0.05) is 66.3 Å². The molecule has 0 unspecified atom stereocenters. The molecule has 0 atom stereocenters. The zero-order valence-corrected chi connectivity index (χ0v) is 51.0. The predicted octanol–water partition coefficient (Wildman–Crippen LogP) is 21.1. The van der Waals surface area contributed by atoms with Gasteiger partial charge in [-0.2, -0.15) is 0 Å². The largest absolute Gasteiger partial charge is 0.455 e. The van der Waals surface area contributed by atoms with Crippen molar-refractivity contribution in [3.05, 3.63) is 217 Å². The van der Waals surface area contributed by atoms with Crippen molar-refractivity contribution in [2.45, 2.75) is 105 Å². The average Bonchev–Trinajstić information content (AvgIpc) is 1.58. The number of aromatic nitrogens is 6. The molecule has 15 aromatic rings. The van der Waals surface area contributed by atoms with Gasteiger partial charge in [-0.1, -0.05) is 168 Å². The number of para-hydroxylation sites is 4. The lowest BCUT2D eigenvalue weighted by molar-refractivity contribution is 0.568. The normalized spacial score (nSPS) is 12.9. The fourth-order valence-corrected chi connectivity index (χ4v) is 12.9. The van der Waals surface area contributed by atoms with Crippen LogP contribution in [0.4, 0.5) is 0 Å². The van der Waals surface area contributed by atoms with Gasteiger partial charge < -0.3 is 18.0 Å². The molecule has 0 spiro atoms. The molecule has 0 saturated carbocycles. The van der Waals surface area contributed by atoms with Crippen molar-refractivity contribution >= 4 is 87.5 Å². The van der Waals surface area contributed by atoms with Crippen LogP contribution in [0.3, 0.4) is 0 Å². The van der Waals surface area contributed by atoms with E-state index in [1.54, 1.807) is 0 Å². The molecule has 8 heteroatoms. The number of benzene rings is 9. The van der Waals surface area contributed by atoms with Crippen LogP contribution in [0.2, 0.25) is 0 Å². The lowest BCUT2D eigenvalue weighted by atomic mass is 9.79. The number of furan rings is 2. The molecule has 8 nitrogen and oxygen atoms in total. The first kappa shape index (κ1) is 53.1. The molecule has 86 heavy (non-hydrogen) atoms. The zero-order valence-electron chi connectivity index (χ0n) is 51.0. The molecule has 422 valence electrons. The van der Waals surface area contributed by atoms with Gasteiger partial charge in [-0.15, -0.1) is 0 Å². The Hall–Kier alpha value is -9.66. The van der Waals surface area contributed by atoms with Crippen molar-refractivity contribution in [1.82, 2.24) is 29.1 Å². The molecule has 0 radical (unpaired) electrons. The van der Waals surface area contributed by atoms with E-state index >= 15 is 0 Å². The molecule has 0 saturated heterocycles. The first-order valence-electron chi connectivity index (χ1n) is 30.0. The van der Waals surface area contributed by atoms with E-state index in [0.29, 0.717) is 17.5 Å². The molecule has 0 bridgehead atoms. The summed E-state index contributed by atoms with van der Waals surface area (Å²) in [5.74, 6) is 1.81. The van der Waals surface area contributed by atoms with Gasteiger partial charge in [-0.05, 0) is 141 Å². The van der Waals surface area contributed by atoms with Crippen molar-refractivity contribution in [2.75, 3.05) is 0 Å². The Bertz CT molecular complexity index is 5130. The van der Waals surface area contributed by atoms with Crippen LogP contribution < -0.4 is 0 Å². The molecular weight excluding hydrogens is 1050 g/mol. The van der Waals surface area contributed by atoms with E-state index in [1.165, 1.54) is 22.3 Å². The summed E-state index contributed by atoms with van der Waals surface area (Å²) >= 11 is 0. The van der Waals surface area contributed by atoms with Gasteiger partial charge in [0.1, 0.15) is 22.3 Å². The fourth-order valence-electron chi connectivity index (χ4n) is 12.9. The van der Waals surface area contributed by atoms with Gasteiger partial charge in [0.2, 0.25) is 0 Å². The second-order valence-electron chi connectivity index (χ2n) is 27.6. The van der Waals surface area contributed by atoms with Crippen molar-refractivity contribution in [3.63, 3.8) is 0 Å². The molecule has 0 aliphatic heterocycles. The van der Waals surface area contributed by atoms with Crippen LogP contribution in [0.25, 0.3) is 144 Å². The summed E-state index contributed by atoms with van der Waals surface area (Å²) in [6.07, 6.45) is 3.92. The number of fused-ring (bicyclic) bond motifs is 14. The molecule has 0 fully saturated rings. The maximum absolute atomic E-state index is 6.86. The van der Waals surface area contributed by atoms with E-state index in [9.17, 15) is 0 Å². The summed E-state index contributed by atoms with van der Waals surface area (Å²) in [5, 5.41) is 8.65. The van der Waals surface area contributed by atoms with E-state index in [0.717, 1.165) is 127 Å². The summed E-state index contributed by atoms with van der Waals surface area (Å²) in [4.78, 5) is 21.7. The third-order valence-corrected chi connectivity index (χ3v) is 17.7. The second kappa shape index (κ2) is 18.9. The third-order valence-electron chi connectivity index (χ3n) is 17.7. The third kappa shape index (κ3) is 8.54. The van der Waals surface area contributed by atoms with E-state index in [-0.39, 0.29) is 21.7 Å². The maximum Gasteiger partial charge on any atom is 0.164 e. The highest BCUT2D eigenvalue weighted by Crippen LogP contribution is 2.47. The topological polar surface area (TPSA) is 87.7 Å². The van der Waals surface area contributed by atoms with Crippen LogP contribution in [0.15, 0.2) is 203 Å². The van der Waals surface area contributed by atoms with Crippen molar-refractivity contribution in [1.29, 1.82) is 0 Å². The lowest BCUT2D eigenvalue weighted by Crippen LogP contribution is -2.17. The van der Waals surface area contributed by atoms with Gasteiger partial charge in [-0.25, -0.2) is 15.0 Å². The molecule has 15 rings (SSSR count). The Morgan fingerprint density at radius 1 is 0.326 bits per heavy atom. The zero-order chi connectivity index (χ0) is 59.3. The number of hydrogen-bond acceptors (Lipinski definition) is 6. The number of pyridine rings is 1. The first-order chi connectivity index (χ1) is 41.2. The van der Waals surface area contributed by atoms with Crippen molar-refractivity contribution in [3.8, 4) is 56.7 Å². The molecule has 0 aliphatic carbocycles. The Kier molecular flexibility index (Phi) is 11.7. The van der Waals surface area contributed by atoms with Crippen LogP contribution in [-0.4, -0.2) is 29.1 Å². The van der Waals surface area contributed by atoms with Crippen LogP contribution in [0.1, 0.15) is 105 Å². The van der Waals surface area contributed by atoms with Crippen molar-refractivity contribution in [2.24, 2.45) is 0 Å². The number of rotatable bonds is 6. The van der Waals surface area contributed by atoms with Crippen LogP contribution in [0.5, 0.6) is 0 Å². The molecule has 6 heterocycles. The average molecular weight is 1120 g/mol. The number of nitrogens with zero attached hydrogens (tertiary/aromatic N) is 6. The van der Waals surface area contributed by atoms with E-state index in [2.05, 4.69) is 262 Å². The summed E-state index contributed by atoms with van der Waals surface area (Å²) in [5.41, 5.74) is 18.5. The van der Waals surface area contributed by atoms with Crippen LogP contribution in [0, 0.1) is 0 Å². The first-order valence-corrected chi connectivity index (χ1v) is 30.0. The number of hydrogen-bond donors (Lipinski definition) is 0. The van der Waals surface area contributed by atoms with E-state index in [4.69, 9.17) is 28.8 Å². The minimum absolute atomic E-state index is 0.137. The highest BCUT2D eigenvalue weighted by atomic mass is 16.3. The van der Waals surface area contributed by atoms with E-state index in [1.807, 2.05) is 24.5 Å². The Labute approximate surface area is 500 Å². The van der Waals surface area contributed by atoms with Crippen LogP contribution >= 0.6 is 0 Å². The van der Waals surface area contributed by atoms with Gasteiger partial charge in [0.25, 0.3) is 0 Å². The quantitative estimate of drug-likeness (QED) is 0.165. The van der Waals surface area contributed by atoms with Gasteiger partial charge in [0.05, 0.1) is 50.4 Å². The Balaban J connectivity index is 1.04. The van der Waals surface area contributed by atoms with Gasteiger partial charge in [-0.3, -0.25) is 4.98 Å². The second-order valence-corrected chi connectivity index (χ2v) is 27.6. The van der Waals surface area contributed by atoms with E-state index < -0.39 is 0 Å². The summed E-state index contributed by atoms with van der Waals surface area (Å²) in [6, 6.07) is 65.7. The predicted molar refractivity (Wildman–Crippen MR) is 357 cm³/mol. The molecule has 9 aromatic carbocycles. The molecule has 0 N–H and O–H groups in total. The minimum Gasteiger partial charge on any atom is -0.455 e. The smallest absolute Gasteiger partial charge is 0.164 e. The minimum atomic E-state index is -0.137. The SMILES string of the molecule is CC(C)(C)c1cc(-c2nc(-c3cc(C(C)(C)C)cc(C(C)(C)C)c3)nc(-c3ccc(-n4c5ccccc5c5c6oc7ccccc7c6ccc54)c(-c4ccncc4-n4c5ccccc5c5c6oc7ccccc7c6ccc54)c3)n2)cc(C(C)(C)C)c1. The summed E-state index contributed by atoms with van der Waals surface area (Å²) in [6.45, 7) is 27.3. The Morgan fingerprint density at radius 2 is 0.733 bits per heavy atom. The van der Waals surface area contributed by atoms with Crippen molar-refractivity contribution < 1.29 is 8.83 Å². The standard InChI is InChI=1S/C78H68N6O2/c1-75(2,3)48-37-46(38-49(42-48)76(4,5)6)73-80-72(81-74(82-73)47-39-50(77(7,8)9)43-51(40-47)78(10,11)12)45-29-32-62(83-60-25-17-13-23-57(60)68-63(83)33-30-55-53-21-15-19-27-66(53)85-70(55)68)59(41-45)52-35-36-79-44-65(52)84-61-26-18-14-24-58(61)69-64(84)34-31-56-54-22-16-20-28-67(54)86-71(56)69/h13-44H,1-12H3. The molecule has 0 aliphatic rings. The molecule has 6 aromatic heterocycles.